The van der Waals surface area contributed by atoms with Crippen LogP contribution in [0, 0.1) is 5.82 Å². The molecule has 22 heavy (non-hydrogen) atoms. The fourth-order valence-corrected chi connectivity index (χ4v) is 3.14. The Bertz CT molecular complexity index is 762. The van der Waals surface area contributed by atoms with Crippen LogP contribution in [-0.4, -0.2) is 46.4 Å². The zero-order valence-electron chi connectivity index (χ0n) is 11.1. The van der Waals surface area contributed by atoms with Gasteiger partial charge in [0.1, 0.15) is 17.4 Å². The number of halogens is 4. The van der Waals surface area contributed by atoms with Gasteiger partial charge < -0.3 is 9.64 Å². The Kier molecular flexibility index (Phi) is 3.32. The van der Waals surface area contributed by atoms with Crippen LogP contribution in [0.1, 0.15) is 6.42 Å². The largest absolute Gasteiger partial charge is 0.373 e. The molecule has 0 N–H and O–H groups in total. The molecule has 2 aromatic rings. The number of ether oxygens (including phenoxy) is 1. The first-order chi connectivity index (χ1) is 10.6. The van der Waals surface area contributed by atoms with Crippen LogP contribution in [0.4, 0.5) is 14.6 Å². The average Bonchev–Trinajstić information content (AvgIpc) is 3.18. The molecule has 2 fully saturated rings. The Morgan fingerprint density at radius 3 is 2.95 bits per heavy atom. The number of hydrogen-bond donors (Lipinski definition) is 0. The third-order valence-electron chi connectivity index (χ3n) is 3.92. The number of nitrogens with zero attached hydrogens (tertiary/aromatic N) is 4. The van der Waals surface area contributed by atoms with E-state index in [-0.39, 0.29) is 16.0 Å². The fourth-order valence-electron chi connectivity index (χ4n) is 2.84. The SMILES string of the molecule is Fc1c(Cl)ncc2c(N3CCCOC4C(F)C43)nc(Cl)nc12. The van der Waals surface area contributed by atoms with Crippen molar-refractivity contribution in [2.45, 2.75) is 24.7 Å². The Labute approximate surface area is 134 Å². The van der Waals surface area contributed by atoms with Gasteiger partial charge in [-0.2, -0.15) is 4.98 Å². The van der Waals surface area contributed by atoms with Crippen LogP contribution in [0.3, 0.4) is 0 Å². The van der Waals surface area contributed by atoms with E-state index >= 15 is 0 Å². The van der Waals surface area contributed by atoms with Gasteiger partial charge in [0.15, 0.2) is 17.1 Å². The minimum absolute atomic E-state index is 0.0206. The van der Waals surface area contributed by atoms with E-state index in [0.29, 0.717) is 30.8 Å². The lowest BCUT2D eigenvalue weighted by molar-refractivity contribution is 0.105. The van der Waals surface area contributed by atoms with Gasteiger partial charge in [0.05, 0.1) is 11.4 Å². The highest BCUT2D eigenvalue weighted by molar-refractivity contribution is 6.30. The number of rotatable bonds is 1. The maximum atomic E-state index is 14.1. The number of alkyl halides is 1. The van der Waals surface area contributed by atoms with Crippen LogP contribution in [0.15, 0.2) is 6.20 Å². The van der Waals surface area contributed by atoms with Crippen LogP contribution in [-0.2, 0) is 4.74 Å². The highest BCUT2D eigenvalue weighted by Gasteiger charge is 2.57. The van der Waals surface area contributed by atoms with Crippen molar-refractivity contribution in [3.63, 3.8) is 0 Å². The zero-order chi connectivity index (χ0) is 15.4. The first-order valence-electron chi connectivity index (χ1n) is 6.77. The molecule has 116 valence electrons. The molecule has 2 aromatic heterocycles. The highest BCUT2D eigenvalue weighted by Crippen LogP contribution is 2.41. The Balaban J connectivity index is 1.89. The summed E-state index contributed by atoms with van der Waals surface area (Å²) in [6.45, 7) is 1.02. The first kappa shape index (κ1) is 14.3. The van der Waals surface area contributed by atoms with Gasteiger partial charge in [0.2, 0.25) is 5.28 Å². The van der Waals surface area contributed by atoms with Crippen molar-refractivity contribution >= 4 is 39.9 Å². The second-order valence-electron chi connectivity index (χ2n) is 5.26. The number of anilines is 1. The lowest BCUT2D eigenvalue weighted by Crippen LogP contribution is -2.30. The summed E-state index contributed by atoms with van der Waals surface area (Å²) < 4.78 is 33.4. The van der Waals surface area contributed by atoms with Crippen molar-refractivity contribution in [3.05, 3.63) is 22.5 Å². The number of hydrogen-bond acceptors (Lipinski definition) is 5. The average molecular weight is 347 g/mol. The topological polar surface area (TPSA) is 51.1 Å². The quantitative estimate of drug-likeness (QED) is 0.587. The summed E-state index contributed by atoms with van der Waals surface area (Å²) in [5.41, 5.74) is -0.0206. The Morgan fingerprint density at radius 2 is 2.14 bits per heavy atom. The lowest BCUT2D eigenvalue weighted by Gasteiger charge is -2.23. The third kappa shape index (κ3) is 2.11. The summed E-state index contributed by atoms with van der Waals surface area (Å²) in [4.78, 5) is 13.6. The van der Waals surface area contributed by atoms with Gasteiger partial charge in [0.25, 0.3) is 0 Å². The monoisotopic (exact) mass is 346 g/mol. The molecular weight excluding hydrogens is 337 g/mol. The minimum Gasteiger partial charge on any atom is -0.373 e. The van der Waals surface area contributed by atoms with Gasteiger partial charge in [0, 0.05) is 19.3 Å². The third-order valence-corrected chi connectivity index (χ3v) is 4.35. The molecule has 3 atom stereocenters. The van der Waals surface area contributed by atoms with Gasteiger partial charge in [-0.05, 0) is 18.0 Å². The smallest absolute Gasteiger partial charge is 0.225 e. The molecule has 1 aliphatic heterocycles. The normalized spacial score (nSPS) is 27.6. The van der Waals surface area contributed by atoms with E-state index in [9.17, 15) is 8.78 Å². The van der Waals surface area contributed by atoms with E-state index in [1.165, 1.54) is 6.20 Å². The number of fused-ring (bicyclic) bond motifs is 2. The van der Waals surface area contributed by atoms with Crippen LogP contribution >= 0.6 is 23.2 Å². The summed E-state index contributed by atoms with van der Waals surface area (Å²) in [7, 11) is 0. The van der Waals surface area contributed by atoms with Crippen LogP contribution in [0.25, 0.3) is 10.9 Å². The van der Waals surface area contributed by atoms with E-state index in [1.807, 2.05) is 0 Å². The fraction of sp³-hybridized carbons (Fsp3) is 0.462. The summed E-state index contributed by atoms with van der Waals surface area (Å²) in [6, 6.07) is -0.435. The van der Waals surface area contributed by atoms with Gasteiger partial charge in [-0.3, -0.25) is 0 Å². The molecule has 1 saturated carbocycles. The highest BCUT2D eigenvalue weighted by atomic mass is 35.5. The number of aromatic nitrogens is 3. The van der Waals surface area contributed by atoms with E-state index in [2.05, 4.69) is 15.0 Å². The van der Waals surface area contributed by atoms with Crippen molar-refractivity contribution in [3.8, 4) is 0 Å². The van der Waals surface area contributed by atoms with E-state index in [4.69, 9.17) is 27.9 Å². The van der Waals surface area contributed by atoms with Crippen molar-refractivity contribution in [2.24, 2.45) is 0 Å². The van der Waals surface area contributed by atoms with Crippen molar-refractivity contribution < 1.29 is 13.5 Å². The summed E-state index contributed by atoms with van der Waals surface area (Å²) >= 11 is 11.6. The molecule has 0 bridgehead atoms. The second-order valence-corrected chi connectivity index (χ2v) is 5.95. The maximum Gasteiger partial charge on any atom is 0.225 e. The summed E-state index contributed by atoms with van der Waals surface area (Å²) in [5, 5.41) is -0.0624. The van der Waals surface area contributed by atoms with Crippen LogP contribution < -0.4 is 4.90 Å². The van der Waals surface area contributed by atoms with Crippen LogP contribution in [0.2, 0.25) is 10.4 Å². The predicted octanol–water partition coefficient (Wildman–Crippen LogP) is 2.79. The molecule has 0 spiro atoms. The molecule has 1 aliphatic carbocycles. The number of pyridine rings is 1. The van der Waals surface area contributed by atoms with Gasteiger partial charge in [-0.25, -0.2) is 18.7 Å². The van der Waals surface area contributed by atoms with E-state index in [1.54, 1.807) is 4.90 Å². The molecule has 4 rings (SSSR count). The van der Waals surface area contributed by atoms with Crippen molar-refractivity contribution in [1.82, 2.24) is 15.0 Å². The second kappa shape index (κ2) is 5.11. The Morgan fingerprint density at radius 1 is 1.32 bits per heavy atom. The lowest BCUT2D eigenvalue weighted by atomic mass is 10.2. The van der Waals surface area contributed by atoms with Gasteiger partial charge in [-0.1, -0.05) is 11.6 Å². The van der Waals surface area contributed by atoms with Crippen molar-refractivity contribution in [2.75, 3.05) is 18.1 Å². The molecule has 3 unspecified atom stereocenters. The molecule has 2 aliphatic rings. The van der Waals surface area contributed by atoms with E-state index in [0.717, 1.165) is 0 Å². The van der Waals surface area contributed by atoms with Gasteiger partial charge >= 0.3 is 0 Å². The molecule has 0 aromatic carbocycles. The molecule has 9 heteroatoms. The van der Waals surface area contributed by atoms with Crippen LogP contribution in [0.5, 0.6) is 0 Å². The molecule has 0 amide bonds. The molecule has 0 radical (unpaired) electrons. The first-order valence-corrected chi connectivity index (χ1v) is 7.53. The minimum atomic E-state index is -1.09. The molecular formula is C13H10Cl2F2N4O. The standard InChI is InChI=1S/C13H10Cl2F2N4O/c14-11-6(16)8-5(4-18-11)12(20-13(15)19-8)21-2-1-3-22-10-7(17)9(10)21/h4,7,9-10H,1-3H2. The molecule has 1 saturated heterocycles. The Hall–Kier alpha value is -1.31. The van der Waals surface area contributed by atoms with Crippen molar-refractivity contribution in [1.29, 1.82) is 0 Å². The molecule has 3 heterocycles. The van der Waals surface area contributed by atoms with Gasteiger partial charge in [-0.15, -0.1) is 0 Å². The maximum absolute atomic E-state index is 14.1. The van der Waals surface area contributed by atoms with E-state index < -0.39 is 24.1 Å². The zero-order valence-corrected chi connectivity index (χ0v) is 12.7. The molecule has 5 nitrogen and oxygen atoms in total. The summed E-state index contributed by atoms with van der Waals surface area (Å²) in [6.07, 6.45) is 0.528. The predicted molar refractivity (Wildman–Crippen MR) is 77.7 cm³/mol. The summed E-state index contributed by atoms with van der Waals surface area (Å²) in [5.74, 6) is -0.404.